The normalized spacial score (nSPS) is 26.2. The molecule has 4 nitrogen and oxygen atoms in total. The zero-order valence-corrected chi connectivity index (χ0v) is 16.3. The van der Waals surface area contributed by atoms with Gasteiger partial charge < -0.3 is 10.6 Å². The molecule has 1 amide bonds. The highest BCUT2D eigenvalue weighted by Gasteiger charge is 2.40. The summed E-state index contributed by atoms with van der Waals surface area (Å²) in [6.45, 7) is 6.00. The standard InChI is InChI=1S/C18H26FN3O.2ClH/c1-18(12-20)8-10-22(13-18)17(23)16-3-2-9-21(16)11-14-4-6-15(19)7-5-14;;/h4-7,16H,2-3,8-13,20H2,1H3;2*1H. The maximum Gasteiger partial charge on any atom is 0.239 e. The summed E-state index contributed by atoms with van der Waals surface area (Å²) in [4.78, 5) is 17.1. The van der Waals surface area contributed by atoms with Crippen LogP contribution in [0.5, 0.6) is 0 Å². The fraction of sp³-hybridized carbons (Fsp3) is 0.611. The molecule has 0 spiro atoms. The molecule has 0 saturated carbocycles. The van der Waals surface area contributed by atoms with Crippen molar-refractivity contribution in [2.45, 2.75) is 38.8 Å². The SMILES string of the molecule is CC1(CN)CCN(C(=O)C2CCCN2Cc2ccc(F)cc2)C1.Cl.Cl. The molecule has 0 bridgehead atoms. The number of hydrogen-bond donors (Lipinski definition) is 1. The molecular weight excluding hydrogens is 364 g/mol. The van der Waals surface area contributed by atoms with Crippen LogP contribution in [0.1, 0.15) is 31.7 Å². The summed E-state index contributed by atoms with van der Waals surface area (Å²) in [5.74, 6) is 0.0164. The number of carbonyl (C=O) groups excluding carboxylic acids is 1. The second-order valence-electron chi connectivity index (χ2n) is 7.28. The first-order valence-corrected chi connectivity index (χ1v) is 8.48. The Bertz CT molecular complexity index is 572. The van der Waals surface area contributed by atoms with E-state index in [4.69, 9.17) is 5.73 Å². The molecule has 0 radical (unpaired) electrons. The van der Waals surface area contributed by atoms with E-state index in [0.29, 0.717) is 13.1 Å². The molecule has 2 heterocycles. The number of rotatable bonds is 4. The number of nitrogens with zero attached hydrogens (tertiary/aromatic N) is 2. The van der Waals surface area contributed by atoms with Gasteiger partial charge in [-0.05, 0) is 55.5 Å². The van der Waals surface area contributed by atoms with Gasteiger partial charge in [-0.3, -0.25) is 9.69 Å². The van der Waals surface area contributed by atoms with Crippen molar-refractivity contribution in [3.63, 3.8) is 0 Å². The van der Waals surface area contributed by atoms with Gasteiger partial charge in [0.05, 0.1) is 6.04 Å². The second-order valence-corrected chi connectivity index (χ2v) is 7.28. The third-order valence-electron chi connectivity index (χ3n) is 5.31. The van der Waals surface area contributed by atoms with Crippen LogP contribution in [0.3, 0.4) is 0 Å². The van der Waals surface area contributed by atoms with Crippen LogP contribution in [-0.4, -0.2) is 47.9 Å². The highest BCUT2D eigenvalue weighted by molar-refractivity contribution is 5.85. The van der Waals surface area contributed by atoms with Crippen molar-refractivity contribution in [2.75, 3.05) is 26.2 Å². The van der Waals surface area contributed by atoms with Gasteiger partial charge >= 0.3 is 0 Å². The molecular formula is C18H28Cl2FN3O. The van der Waals surface area contributed by atoms with Crippen molar-refractivity contribution < 1.29 is 9.18 Å². The van der Waals surface area contributed by atoms with Crippen LogP contribution in [0.2, 0.25) is 0 Å². The molecule has 7 heteroatoms. The van der Waals surface area contributed by atoms with E-state index in [1.54, 1.807) is 12.1 Å². The van der Waals surface area contributed by atoms with Gasteiger partial charge in [-0.2, -0.15) is 0 Å². The smallest absolute Gasteiger partial charge is 0.239 e. The molecule has 2 aliphatic rings. The highest BCUT2D eigenvalue weighted by Crippen LogP contribution is 2.31. The Hall–Kier alpha value is -0.880. The minimum Gasteiger partial charge on any atom is -0.341 e. The van der Waals surface area contributed by atoms with Gasteiger partial charge in [0.25, 0.3) is 0 Å². The number of amides is 1. The summed E-state index contributed by atoms with van der Waals surface area (Å²) < 4.78 is 13.0. The summed E-state index contributed by atoms with van der Waals surface area (Å²) in [7, 11) is 0. The van der Waals surface area contributed by atoms with E-state index in [1.165, 1.54) is 12.1 Å². The lowest BCUT2D eigenvalue weighted by molar-refractivity contribution is -0.135. The first kappa shape index (κ1) is 22.2. The Kier molecular flexibility index (Phi) is 8.13. The fourth-order valence-electron chi connectivity index (χ4n) is 3.71. The molecule has 0 aromatic heterocycles. The quantitative estimate of drug-likeness (QED) is 0.858. The summed E-state index contributed by atoms with van der Waals surface area (Å²) in [5.41, 5.74) is 6.97. The van der Waals surface area contributed by atoms with Crippen LogP contribution in [-0.2, 0) is 11.3 Å². The molecule has 3 rings (SSSR count). The van der Waals surface area contributed by atoms with Crippen LogP contribution in [0.4, 0.5) is 4.39 Å². The first-order valence-electron chi connectivity index (χ1n) is 8.48. The molecule has 2 fully saturated rings. The Labute approximate surface area is 161 Å². The number of likely N-dealkylation sites (tertiary alicyclic amines) is 2. The lowest BCUT2D eigenvalue weighted by Crippen LogP contribution is -2.45. The second kappa shape index (κ2) is 9.17. The topological polar surface area (TPSA) is 49.6 Å². The average molecular weight is 392 g/mol. The molecule has 25 heavy (non-hydrogen) atoms. The van der Waals surface area contributed by atoms with Crippen LogP contribution in [0.25, 0.3) is 0 Å². The number of nitrogens with two attached hydrogens (primary N) is 1. The third kappa shape index (κ3) is 5.07. The number of benzene rings is 1. The minimum atomic E-state index is -0.221. The molecule has 2 atom stereocenters. The van der Waals surface area contributed by atoms with Gasteiger partial charge in [-0.15, -0.1) is 24.8 Å². The average Bonchev–Trinajstić information content (AvgIpc) is 3.16. The van der Waals surface area contributed by atoms with Gasteiger partial charge in [0.15, 0.2) is 0 Å². The van der Waals surface area contributed by atoms with Crippen LogP contribution in [0, 0.1) is 11.2 Å². The largest absolute Gasteiger partial charge is 0.341 e. The molecule has 1 aromatic rings. The maximum absolute atomic E-state index is 13.0. The molecule has 2 unspecified atom stereocenters. The molecule has 2 N–H and O–H groups in total. The highest BCUT2D eigenvalue weighted by atomic mass is 35.5. The van der Waals surface area contributed by atoms with Crippen molar-refractivity contribution in [2.24, 2.45) is 11.1 Å². The summed E-state index contributed by atoms with van der Waals surface area (Å²) in [5, 5.41) is 0. The van der Waals surface area contributed by atoms with Crippen LogP contribution < -0.4 is 5.73 Å². The van der Waals surface area contributed by atoms with Crippen molar-refractivity contribution in [3.8, 4) is 0 Å². The summed E-state index contributed by atoms with van der Waals surface area (Å²) in [6.07, 6.45) is 2.94. The molecule has 142 valence electrons. The van der Waals surface area contributed by atoms with E-state index in [0.717, 1.165) is 44.5 Å². The molecule has 2 saturated heterocycles. The van der Waals surface area contributed by atoms with E-state index in [9.17, 15) is 9.18 Å². The third-order valence-corrected chi connectivity index (χ3v) is 5.31. The van der Waals surface area contributed by atoms with Gasteiger partial charge in [-0.1, -0.05) is 19.1 Å². The molecule has 2 aliphatic heterocycles. The number of halogens is 3. The Balaban J connectivity index is 0.00000156. The van der Waals surface area contributed by atoms with E-state index >= 15 is 0 Å². The van der Waals surface area contributed by atoms with Crippen LogP contribution in [0.15, 0.2) is 24.3 Å². The summed E-state index contributed by atoms with van der Waals surface area (Å²) in [6, 6.07) is 6.53. The van der Waals surface area contributed by atoms with Gasteiger partial charge in [0.2, 0.25) is 5.91 Å². The van der Waals surface area contributed by atoms with E-state index < -0.39 is 0 Å². The van der Waals surface area contributed by atoms with E-state index in [2.05, 4.69) is 11.8 Å². The van der Waals surface area contributed by atoms with Gasteiger partial charge in [0.1, 0.15) is 5.82 Å². The Morgan fingerprint density at radius 2 is 1.96 bits per heavy atom. The number of hydrogen-bond acceptors (Lipinski definition) is 3. The van der Waals surface area contributed by atoms with Gasteiger partial charge in [-0.25, -0.2) is 4.39 Å². The lowest BCUT2D eigenvalue weighted by Gasteiger charge is -2.29. The lowest BCUT2D eigenvalue weighted by atomic mass is 9.90. The van der Waals surface area contributed by atoms with Crippen molar-refractivity contribution in [1.29, 1.82) is 0 Å². The Morgan fingerprint density at radius 1 is 1.28 bits per heavy atom. The van der Waals surface area contributed by atoms with Crippen molar-refractivity contribution in [1.82, 2.24) is 9.80 Å². The molecule has 1 aromatic carbocycles. The zero-order chi connectivity index (χ0) is 16.4. The van der Waals surface area contributed by atoms with Crippen molar-refractivity contribution in [3.05, 3.63) is 35.6 Å². The van der Waals surface area contributed by atoms with Gasteiger partial charge in [0, 0.05) is 19.6 Å². The maximum atomic E-state index is 13.0. The fourth-order valence-corrected chi connectivity index (χ4v) is 3.71. The van der Waals surface area contributed by atoms with E-state index in [1.807, 2.05) is 4.90 Å². The number of carbonyl (C=O) groups is 1. The summed E-state index contributed by atoms with van der Waals surface area (Å²) >= 11 is 0. The minimum absolute atomic E-state index is 0. The zero-order valence-electron chi connectivity index (χ0n) is 14.6. The van der Waals surface area contributed by atoms with E-state index in [-0.39, 0.29) is 48.0 Å². The first-order chi connectivity index (χ1) is 11.0. The van der Waals surface area contributed by atoms with Crippen LogP contribution >= 0.6 is 24.8 Å². The predicted molar refractivity (Wildman–Crippen MR) is 103 cm³/mol. The molecule has 0 aliphatic carbocycles. The van der Waals surface area contributed by atoms with Crippen molar-refractivity contribution >= 4 is 30.7 Å². The predicted octanol–water partition coefficient (Wildman–Crippen LogP) is 2.83. The Morgan fingerprint density at radius 3 is 2.56 bits per heavy atom. The monoisotopic (exact) mass is 391 g/mol.